The van der Waals surface area contributed by atoms with E-state index in [1.54, 1.807) is 18.2 Å². The molecule has 21 heavy (non-hydrogen) atoms. The summed E-state index contributed by atoms with van der Waals surface area (Å²) in [5.74, 6) is -0.0509. The lowest BCUT2D eigenvalue weighted by molar-refractivity contribution is 0.100. The number of Topliss-reactive ketones (excluding diaryl/α,β-unsaturated/α-hetero) is 1. The lowest BCUT2D eigenvalue weighted by Crippen LogP contribution is -2.26. The quantitative estimate of drug-likeness (QED) is 0.744. The van der Waals surface area contributed by atoms with Gasteiger partial charge in [0.1, 0.15) is 0 Å². The Labute approximate surface area is 135 Å². The molecule has 0 saturated carbocycles. The number of ketones is 1. The summed E-state index contributed by atoms with van der Waals surface area (Å²) < 4.78 is 0. The summed E-state index contributed by atoms with van der Waals surface area (Å²) in [6, 6.07) is 11.1. The molecule has 0 radical (unpaired) electrons. The lowest BCUT2D eigenvalue weighted by Gasteiger charge is -2.21. The maximum Gasteiger partial charge on any atom is 0.183 e. The van der Waals surface area contributed by atoms with E-state index in [1.165, 1.54) is 5.56 Å². The zero-order chi connectivity index (χ0) is 15.6. The standard InChI is InChI=1S/C17H17Cl2NO/c1-11-4-7-16(12(2)8-11)20(3)10-17(21)14-9-13(18)5-6-15(14)19/h4-9H,10H2,1-3H3. The first kappa shape index (κ1) is 15.9. The molecule has 2 aromatic rings. The fourth-order valence-corrected chi connectivity index (χ4v) is 2.73. The van der Waals surface area contributed by atoms with Crippen molar-refractivity contribution in [1.82, 2.24) is 0 Å². The normalized spacial score (nSPS) is 10.5. The molecule has 0 fully saturated rings. The third kappa shape index (κ3) is 3.78. The molecular weight excluding hydrogens is 305 g/mol. The van der Waals surface area contributed by atoms with Crippen molar-refractivity contribution in [1.29, 1.82) is 0 Å². The van der Waals surface area contributed by atoms with E-state index in [1.807, 2.05) is 37.9 Å². The second kappa shape index (κ2) is 6.50. The topological polar surface area (TPSA) is 20.3 Å². The second-order valence-corrected chi connectivity index (χ2v) is 6.04. The lowest BCUT2D eigenvalue weighted by atomic mass is 10.1. The number of hydrogen-bond donors (Lipinski definition) is 0. The molecule has 0 aliphatic rings. The molecule has 0 atom stereocenters. The van der Waals surface area contributed by atoms with Crippen LogP contribution in [0, 0.1) is 13.8 Å². The summed E-state index contributed by atoms with van der Waals surface area (Å²) in [7, 11) is 1.90. The predicted octanol–water partition coefficient (Wildman–Crippen LogP) is 4.93. The Hall–Kier alpha value is -1.51. The zero-order valence-electron chi connectivity index (χ0n) is 12.3. The molecule has 0 heterocycles. The number of nitrogens with zero attached hydrogens (tertiary/aromatic N) is 1. The van der Waals surface area contributed by atoms with Crippen LogP contribution in [0.3, 0.4) is 0 Å². The molecule has 0 aliphatic carbocycles. The third-order valence-corrected chi connectivity index (χ3v) is 3.94. The van der Waals surface area contributed by atoms with Crippen LogP contribution < -0.4 is 4.90 Å². The van der Waals surface area contributed by atoms with Crippen LogP contribution >= 0.6 is 23.2 Å². The van der Waals surface area contributed by atoms with Gasteiger partial charge in [-0.2, -0.15) is 0 Å². The van der Waals surface area contributed by atoms with Crippen molar-refractivity contribution in [2.24, 2.45) is 0 Å². The third-order valence-electron chi connectivity index (χ3n) is 3.37. The Kier molecular flexibility index (Phi) is 4.92. The van der Waals surface area contributed by atoms with Gasteiger partial charge in [0.15, 0.2) is 5.78 Å². The Morgan fingerprint density at radius 1 is 1.10 bits per heavy atom. The monoisotopic (exact) mass is 321 g/mol. The van der Waals surface area contributed by atoms with Gasteiger partial charge in [0.05, 0.1) is 11.6 Å². The maximum atomic E-state index is 12.4. The maximum absolute atomic E-state index is 12.4. The molecule has 0 aliphatic heterocycles. The molecule has 2 rings (SSSR count). The molecule has 0 spiro atoms. The van der Waals surface area contributed by atoms with E-state index in [9.17, 15) is 4.79 Å². The molecule has 0 aromatic heterocycles. The van der Waals surface area contributed by atoms with Gasteiger partial charge in [-0.25, -0.2) is 0 Å². The highest BCUT2D eigenvalue weighted by Crippen LogP contribution is 2.23. The summed E-state index contributed by atoms with van der Waals surface area (Å²) in [6.07, 6.45) is 0. The number of carbonyl (C=O) groups excluding carboxylic acids is 1. The molecule has 0 amide bonds. The number of hydrogen-bond acceptors (Lipinski definition) is 2. The summed E-state index contributed by atoms with van der Waals surface area (Å²) in [5, 5.41) is 0.940. The number of rotatable bonds is 4. The molecule has 0 saturated heterocycles. The van der Waals surface area contributed by atoms with Gasteiger partial charge in [-0.05, 0) is 43.7 Å². The Morgan fingerprint density at radius 3 is 2.48 bits per heavy atom. The molecular formula is C17H17Cl2NO. The van der Waals surface area contributed by atoms with Gasteiger partial charge in [0, 0.05) is 23.3 Å². The van der Waals surface area contributed by atoms with E-state index in [4.69, 9.17) is 23.2 Å². The fourth-order valence-electron chi connectivity index (χ4n) is 2.33. The van der Waals surface area contributed by atoms with E-state index in [-0.39, 0.29) is 12.3 Å². The molecule has 110 valence electrons. The highest BCUT2D eigenvalue weighted by molar-refractivity contribution is 6.36. The van der Waals surface area contributed by atoms with Crippen LogP contribution in [0.15, 0.2) is 36.4 Å². The van der Waals surface area contributed by atoms with Crippen molar-refractivity contribution in [2.45, 2.75) is 13.8 Å². The summed E-state index contributed by atoms with van der Waals surface area (Å²) in [6.45, 7) is 4.34. The van der Waals surface area contributed by atoms with Crippen LogP contribution in [-0.2, 0) is 0 Å². The minimum Gasteiger partial charge on any atom is -0.367 e. The fraction of sp³-hybridized carbons (Fsp3) is 0.235. The SMILES string of the molecule is Cc1ccc(N(C)CC(=O)c2cc(Cl)ccc2Cl)c(C)c1. The number of aryl methyl sites for hydroxylation is 2. The summed E-state index contributed by atoms with van der Waals surface area (Å²) in [4.78, 5) is 14.3. The van der Waals surface area contributed by atoms with E-state index in [0.717, 1.165) is 11.3 Å². The van der Waals surface area contributed by atoms with Crippen LogP contribution in [0.2, 0.25) is 10.0 Å². The first-order valence-corrected chi connectivity index (χ1v) is 7.40. The average Bonchev–Trinajstić information content (AvgIpc) is 2.41. The number of likely N-dealkylation sites (N-methyl/N-ethyl adjacent to an activating group) is 1. The Bertz CT molecular complexity index is 682. The largest absolute Gasteiger partial charge is 0.367 e. The van der Waals surface area contributed by atoms with E-state index in [0.29, 0.717) is 15.6 Å². The Morgan fingerprint density at radius 2 is 1.81 bits per heavy atom. The van der Waals surface area contributed by atoms with Crippen molar-refractivity contribution < 1.29 is 4.79 Å². The first-order valence-electron chi connectivity index (χ1n) is 6.65. The molecule has 0 unspecified atom stereocenters. The van der Waals surface area contributed by atoms with Gasteiger partial charge < -0.3 is 4.90 Å². The van der Waals surface area contributed by atoms with Crippen molar-refractivity contribution in [3.8, 4) is 0 Å². The molecule has 0 N–H and O–H groups in total. The van der Waals surface area contributed by atoms with Gasteiger partial charge in [-0.15, -0.1) is 0 Å². The van der Waals surface area contributed by atoms with Gasteiger partial charge in [-0.1, -0.05) is 40.9 Å². The predicted molar refractivity (Wildman–Crippen MR) is 90.0 cm³/mol. The van der Waals surface area contributed by atoms with Crippen molar-refractivity contribution in [3.05, 3.63) is 63.1 Å². The average molecular weight is 322 g/mol. The Balaban J connectivity index is 2.20. The minimum absolute atomic E-state index is 0.0509. The van der Waals surface area contributed by atoms with Crippen LogP contribution in [-0.4, -0.2) is 19.4 Å². The van der Waals surface area contributed by atoms with Crippen molar-refractivity contribution in [3.63, 3.8) is 0 Å². The van der Waals surface area contributed by atoms with Crippen molar-refractivity contribution in [2.75, 3.05) is 18.5 Å². The van der Waals surface area contributed by atoms with E-state index < -0.39 is 0 Å². The summed E-state index contributed by atoms with van der Waals surface area (Å²) in [5.41, 5.74) is 3.84. The number of benzene rings is 2. The van der Waals surface area contributed by atoms with Gasteiger partial charge in [-0.3, -0.25) is 4.79 Å². The molecule has 2 nitrogen and oxygen atoms in total. The molecule has 4 heteroatoms. The van der Waals surface area contributed by atoms with Crippen molar-refractivity contribution >= 4 is 34.7 Å². The summed E-state index contributed by atoms with van der Waals surface area (Å²) >= 11 is 12.0. The van der Waals surface area contributed by atoms with Gasteiger partial charge in [0.25, 0.3) is 0 Å². The van der Waals surface area contributed by atoms with E-state index >= 15 is 0 Å². The van der Waals surface area contributed by atoms with Gasteiger partial charge >= 0.3 is 0 Å². The van der Waals surface area contributed by atoms with Crippen LogP contribution in [0.25, 0.3) is 0 Å². The highest BCUT2D eigenvalue weighted by atomic mass is 35.5. The molecule has 0 bridgehead atoms. The zero-order valence-corrected chi connectivity index (χ0v) is 13.8. The number of halogens is 2. The van der Waals surface area contributed by atoms with Gasteiger partial charge in [0.2, 0.25) is 0 Å². The number of anilines is 1. The van der Waals surface area contributed by atoms with Crippen LogP contribution in [0.4, 0.5) is 5.69 Å². The van der Waals surface area contributed by atoms with Crippen LogP contribution in [0.5, 0.6) is 0 Å². The first-order chi connectivity index (χ1) is 9.88. The second-order valence-electron chi connectivity index (χ2n) is 5.19. The van der Waals surface area contributed by atoms with Crippen LogP contribution in [0.1, 0.15) is 21.5 Å². The van der Waals surface area contributed by atoms with E-state index in [2.05, 4.69) is 6.07 Å². The number of carbonyl (C=O) groups is 1. The highest BCUT2D eigenvalue weighted by Gasteiger charge is 2.15. The minimum atomic E-state index is -0.0509. The molecule has 2 aromatic carbocycles. The smallest absolute Gasteiger partial charge is 0.183 e.